The monoisotopic (exact) mass is 764 g/mol. The zero-order valence-corrected chi connectivity index (χ0v) is 29.2. The van der Waals surface area contributed by atoms with Crippen molar-refractivity contribution in [3.63, 3.8) is 0 Å². The van der Waals surface area contributed by atoms with Crippen LogP contribution in [0.1, 0.15) is 12.5 Å². The van der Waals surface area contributed by atoms with Crippen molar-refractivity contribution in [1.82, 2.24) is 29.4 Å². The van der Waals surface area contributed by atoms with E-state index in [4.69, 9.17) is 25.8 Å². The molecule has 2 aromatic carbocycles. The van der Waals surface area contributed by atoms with Gasteiger partial charge in [0.1, 0.15) is 31.3 Å². The molecule has 51 heavy (non-hydrogen) atoms. The number of carbonyl (C=O) groups is 3. The first-order chi connectivity index (χ1) is 24.3. The van der Waals surface area contributed by atoms with Crippen molar-refractivity contribution in [3.8, 4) is 16.3 Å². The van der Waals surface area contributed by atoms with Crippen LogP contribution in [0.4, 0.5) is 16.3 Å². The predicted molar refractivity (Wildman–Crippen MR) is 181 cm³/mol. The van der Waals surface area contributed by atoms with E-state index in [2.05, 4.69) is 25.2 Å². The lowest BCUT2D eigenvalue weighted by Gasteiger charge is -2.22. The third-order valence-corrected chi connectivity index (χ3v) is 9.63. The normalized spacial score (nSPS) is 11.0. The molecule has 0 saturated carbocycles. The van der Waals surface area contributed by atoms with Crippen LogP contribution >= 0.6 is 22.9 Å². The molecule has 0 aliphatic carbocycles. The lowest BCUT2D eigenvalue weighted by Crippen LogP contribution is -2.44. The van der Waals surface area contributed by atoms with E-state index in [1.165, 1.54) is 31.5 Å². The maximum Gasteiger partial charge on any atom is 0.413 e. The second-order valence-corrected chi connectivity index (χ2v) is 13.4. The summed E-state index contributed by atoms with van der Waals surface area (Å²) in [7, 11) is -2.80. The molecule has 0 saturated heterocycles. The summed E-state index contributed by atoms with van der Waals surface area (Å²) in [5, 5.41) is 21.2. The first-order valence-corrected chi connectivity index (χ1v) is 17.3. The molecule has 22 heteroatoms. The molecule has 2 aromatic heterocycles. The van der Waals surface area contributed by atoms with E-state index >= 15 is 0 Å². The fourth-order valence-corrected chi connectivity index (χ4v) is 6.43. The molecule has 0 radical (unpaired) electrons. The minimum absolute atomic E-state index is 0.00719. The number of sulfonamides is 1. The molecule has 0 aliphatic heterocycles. The highest BCUT2D eigenvalue weighted by molar-refractivity contribution is 7.91. The molecular formula is C29H29ClN8O11S2. The zero-order chi connectivity index (χ0) is 37.1. The third kappa shape index (κ3) is 10.7. The lowest BCUT2D eigenvalue weighted by atomic mass is 10.2. The number of carbonyl (C=O) groups excluding carboxylic acids is 3. The van der Waals surface area contributed by atoms with Gasteiger partial charge in [-0.15, -0.1) is 10.2 Å². The fraction of sp³-hybridized carbons (Fsp3) is 0.276. The second-order valence-electron chi connectivity index (χ2n) is 10.1. The van der Waals surface area contributed by atoms with E-state index in [9.17, 15) is 37.7 Å². The minimum atomic E-state index is -4.32. The Kier molecular flexibility index (Phi) is 13.1. The topological polar surface area (TPSA) is 244 Å². The molecule has 2 amide bonds. The van der Waals surface area contributed by atoms with Gasteiger partial charge < -0.3 is 19.1 Å². The Hall–Kier alpha value is -5.51. The van der Waals surface area contributed by atoms with Crippen LogP contribution in [-0.4, -0.2) is 89.3 Å². The Bertz CT molecular complexity index is 2070. The van der Waals surface area contributed by atoms with Gasteiger partial charge in [-0.3, -0.25) is 29.6 Å². The Labute approximate surface area is 298 Å². The molecule has 2 heterocycles. The van der Waals surface area contributed by atoms with Crippen LogP contribution in [-0.2, 0) is 42.2 Å². The molecular weight excluding hydrogens is 736 g/mol. The van der Waals surface area contributed by atoms with Gasteiger partial charge in [-0.2, -0.15) is 4.98 Å². The summed E-state index contributed by atoms with van der Waals surface area (Å²) in [6.07, 6.45) is 0.306. The Morgan fingerprint density at radius 1 is 1.10 bits per heavy atom. The van der Waals surface area contributed by atoms with Crippen LogP contribution < -0.4 is 20.5 Å². The first-order valence-electron chi connectivity index (χ1n) is 14.6. The smallest absolute Gasteiger partial charge is 0.413 e. The number of esters is 1. The van der Waals surface area contributed by atoms with E-state index in [0.717, 1.165) is 15.5 Å². The molecule has 0 bridgehead atoms. The van der Waals surface area contributed by atoms with Crippen LogP contribution in [0.3, 0.4) is 0 Å². The van der Waals surface area contributed by atoms with Crippen molar-refractivity contribution in [1.29, 1.82) is 0 Å². The number of hydrogen-bond donors (Lipinski definition) is 2. The second kappa shape index (κ2) is 17.4. The zero-order valence-electron chi connectivity index (χ0n) is 26.8. The van der Waals surface area contributed by atoms with Crippen LogP contribution in [0.15, 0.2) is 63.9 Å². The highest BCUT2D eigenvalue weighted by Crippen LogP contribution is 2.34. The van der Waals surface area contributed by atoms with Crippen molar-refractivity contribution in [2.75, 3.05) is 38.7 Å². The van der Waals surface area contributed by atoms with Crippen molar-refractivity contribution < 1.29 is 41.9 Å². The summed E-state index contributed by atoms with van der Waals surface area (Å²) in [5.74, 6) is -1.07. The standard InChI is InChI=1S/C29H29ClN8O11S2/c1-3-48-25(40)16-36(13-11-31-51(45,46)29-35-34-26(50-29)21-9-6-19(30)14-22(21)38(43)44)24(39)15-37-12-10-23(32-27(37)41)33-28(42)49-17-18-4-7-20(47-2)8-5-18/h4-10,12,14,31H,3,11,13,15-17H2,1-2H3,(H,32,33,41,42). The summed E-state index contributed by atoms with van der Waals surface area (Å²) in [6.45, 7) is -0.407. The van der Waals surface area contributed by atoms with Gasteiger partial charge in [0.25, 0.3) is 15.7 Å². The number of nitro benzene ring substituents is 1. The molecule has 2 N–H and O–H groups in total. The number of nitro groups is 1. The molecule has 0 aliphatic rings. The Balaban J connectivity index is 1.37. The molecule has 0 atom stereocenters. The summed E-state index contributed by atoms with van der Waals surface area (Å²) in [4.78, 5) is 65.8. The van der Waals surface area contributed by atoms with Gasteiger partial charge in [-0.25, -0.2) is 22.7 Å². The third-order valence-electron chi connectivity index (χ3n) is 6.61. The van der Waals surface area contributed by atoms with E-state index in [1.807, 2.05) is 0 Å². The van der Waals surface area contributed by atoms with E-state index in [0.29, 0.717) is 22.6 Å². The van der Waals surface area contributed by atoms with Gasteiger partial charge in [0.2, 0.25) is 10.2 Å². The van der Waals surface area contributed by atoms with Gasteiger partial charge in [-0.05, 0) is 42.8 Å². The number of aromatic nitrogens is 4. The number of anilines is 1. The largest absolute Gasteiger partial charge is 0.497 e. The average Bonchev–Trinajstić information content (AvgIpc) is 3.60. The molecule has 4 rings (SSSR count). The number of hydrogen-bond acceptors (Lipinski definition) is 15. The highest BCUT2D eigenvalue weighted by atomic mass is 35.5. The van der Waals surface area contributed by atoms with Gasteiger partial charge in [0, 0.05) is 30.4 Å². The minimum Gasteiger partial charge on any atom is -0.497 e. The van der Waals surface area contributed by atoms with Gasteiger partial charge in [0.15, 0.2) is 5.01 Å². The summed E-state index contributed by atoms with van der Waals surface area (Å²) < 4.78 is 43.7. The van der Waals surface area contributed by atoms with Crippen LogP contribution in [0, 0.1) is 10.1 Å². The summed E-state index contributed by atoms with van der Waals surface area (Å²) >= 11 is 6.41. The van der Waals surface area contributed by atoms with Crippen molar-refractivity contribution in [2.24, 2.45) is 0 Å². The maximum atomic E-state index is 13.2. The Morgan fingerprint density at radius 3 is 2.51 bits per heavy atom. The van der Waals surface area contributed by atoms with Crippen molar-refractivity contribution in [3.05, 3.63) is 85.9 Å². The van der Waals surface area contributed by atoms with Crippen LogP contribution in [0.25, 0.3) is 10.6 Å². The van der Waals surface area contributed by atoms with Crippen LogP contribution in [0.5, 0.6) is 5.75 Å². The van der Waals surface area contributed by atoms with Gasteiger partial charge in [-0.1, -0.05) is 35.1 Å². The number of methoxy groups -OCH3 is 1. The van der Waals surface area contributed by atoms with Gasteiger partial charge in [0.05, 0.1) is 24.2 Å². The number of nitrogens with one attached hydrogen (secondary N) is 2. The molecule has 19 nitrogen and oxygen atoms in total. The molecule has 0 fully saturated rings. The number of ether oxygens (including phenoxy) is 3. The lowest BCUT2D eigenvalue weighted by molar-refractivity contribution is -0.384. The quantitative estimate of drug-likeness (QED) is 0.0946. The number of nitrogens with zero attached hydrogens (tertiary/aromatic N) is 6. The van der Waals surface area contributed by atoms with Gasteiger partial charge >= 0.3 is 17.8 Å². The summed E-state index contributed by atoms with van der Waals surface area (Å²) in [6, 6.07) is 11.8. The molecule has 4 aromatic rings. The van der Waals surface area contributed by atoms with E-state index < -0.39 is 68.3 Å². The molecule has 0 unspecified atom stereocenters. The van der Waals surface area contributed by atoms with E-state index in [1.54, 1.807) is 31.2 Å². The van der Waals surface area contributed by atoms with E-state index in [-0.39, 0.29) is 41.2 Å². The number of rotatable bonds is 16. The fourth-order valence-electron chi connectivity index (χ4n) is 4.17. The molecule has 0 spiro atoms. The highest BCUT2D eigenvalue weighted by Gasteiger charge is 2.26. The van der Waals surface area contributed by atoms with Crippen molar-refractivity contribution >= 4 is 62.4 Å². The molecule has 270 valence electrons. The predicted octanol–water partition coefficient (Wildman–Crippen LogP) is 2.45. The Morgan fingerprint density at radius 2 is 1.84 bits per heavy atom. The van der Waals surface area contributed by atoms with Crippen LogP contribution in [0.2, 0.25) is 5.02 Å². The first kappa shape index (κ1) is 38.3. The maximum absolute atomic E-state index is 13.2. The van der Waals surface area contributed by atoms with Crippen molar-refractivity contribution in [2.45, 2.75) is 24.4 Å². The number of amides is 2. The number of benzene rings is 2. The summed E-state index contributed by atoms with van der Waals surface area (Å²) in [5.41, 5.74) is -0.620. The SMILES string of the molecule is CCOC(=O)CN(CCNS(=O)(=O)c1nnc(-c2ccc(Cl)cc2[N+](=O)[O-])s1)C(=O)Cn1ccc(NC(=O)OCc2ccc(OC)cc2)nc1=O. The average molecular weight is 765 g/mol. The number of halogens is 1.